The average Bonchev–Trinajstić information content (AvgIpc) is 3.41. The standard InChI is InChI=1S/C24H21F3N4O3/c25-24(26,27)16-5-6-19(21(11-16)31(33)34)29-9-7-15(8-10-29)23(32)12-20-17-3-1-2-4-18(17)22-13-28-14-30(20)22/h1-6,11,13-15,20H,7-10,12H2. The predicted molar refractivity (Wildman–Crippen MR) is 118 cm³/mol. The molecule has 10 heteroatoms. The van der Waals surface area contributed by atoms with Crippen LogP contribution in [0, 0.1) is 16.0 Å². The number of benzene rings is 2. The lowest BCUT2D eigenvalue weighted by Crippen LogP contribution is -2.37. The summed E-state index contributed by atoms with van der Waals surface area (Å²) in [5.41, 5.74) is 1.67. The quantitative estimate of drug-likeness (QED) is 0.376. The molecule has 1 saturated heterocycles. The average molecular weight is 470 g/mol. The summed E-state index contributed by atoms with van der Waals surface area (Å²) in [6.45, 7) is 0.723. The van der Waals surface area contributed by atoms with Crippen LogP contribution in [-0.4, -0.2) is 33.3 Å². The number of carbonyl (C=O) groups excluding carboxylic acids is 1. The molecule has 0 radical (unpaired) electrons. The van der Waals surface area contributed by atoms with Crippen molar-refractivity contribution in [3.63, 3.8) is 0 Å². The fourth-order valence-corrected chi connectivity index (χ4v) is 5.05. The van der Waals surface area contributed by atoms with Crippen molar-refractivity contribution in [2.45, 2.75) is 31.5 Å². The molecule has 1 atom stereocenters. The Labute approximate surface area is 193 Å². The van der Waals surface area contributed by atoms with Crippen LogP contribution in [0.4, 0.5) is 24.5 Å². The van der Waals surface area contributed by atoms with Gasteiger partial charge in [-0.15, -0.1) is 0 Å². The Morgan fingerprint density at radius 1 is 1.15 bits per heavy atom. The van der Waals surface area contributed by atoms with Gasteiger partial charge in [-0.1, -0.05) is 24.3 Å². The van der Waals surface area contributed by atoms with Crippen molar-refractivity contribution in [1.29, 1.82) is 0 Å². The number of imidazole rings is 1. The summed E-state index contributed by atoms with van der Waals surface area (Å²) in [4.78, 5) is 29.7. The van der Waals surface area contributed by atoms with Crippen LogP contribution in [0.1, 0.15) is 36.4 Å². The number of nitrogens with zero attached hydrogens (tertiary/aromatic N) is 4. The molecule has 1 aromatic heterocycles. The molecule has 7 nitrogen and oxygen atoms in total. The molecule has 0 saturated carbocycles. The number of anilines is 1. The minimum Gasteiger partial charge on any atom is -0.366 e. The lowest BCUT2D eigenvalue weighted by atomic mass is 9.87. The molecule has 34 heavy (non-hydrogen) atoms. The van der Waals surface area contributed by atoms with Crippen molar-refractivity contribution in [3.05, 3.63) is 76.2 Å². The topological polar surface area (TPSA) is 81.3 Å². The van der Waals surface area contributed by atoms with E-state index >= 15 is 0 Å². The van der Waals surface area contributed by atoms with E-state index in [0.717, 1.165) is 29.0 Å². The number of fused-ring (bicyclic) bond motifs is 3. The lowest BCUT2D eigenvalue weighted by Gasteiger charge is -2.33. The van der Waals surface area contributed by atoms with Gasteiger partial charge in [0.2, 0.25) is 0 Å². The zero-order valence-electron chi connectivity index (χ0n) is 18.0. The molecule has 1 fully saturated rings. The number of Topliss-reactive ketones (excluding diaryl/α,β-unsaturated/α-hetero) is 1. The first-order valence-electron chi connectivity index (χ1n) is 11.0. The van der Waals surface area contributed by atoms with E-state index in [-0.39, 0.29) is 23.4 Å². The summed E-state index contributed by atoms with van der Waals surface area (Å²) in [6.07, 6.45) is 0.171. The minimum atomic E-state index is -4.66. The molecule has 0 bridgehead atoms. The largest absolute Gasteiger partial charge is 0.416 e. The zero-order valence-corrected chi connectivity index (χ0v) is 18.0. The van der Waals surface area contributed by atoms with E-state index in [4.69, 9.17) is 0 Å². The Morgan fingerprint density at radius 3 is 2.59 bits per heavy atom. The summed E-state index contributed by atoms with van der Waals surface area (Å²) in [5, 5.41) is 11.4. The molecule has 0 amide bonds. The molecule has 1 unspecified atom stereocenters. The van der Waals surface area contributed by atoms with E-state index < -0.39 is 22.4 Å². The van der Waals surface area contributed by atoms with Gasteiger partial charge in [-0.05, 0) is 30.5 Å². The van der Waals surface area contributed by atoms with E-state index in [1.54, 1.807) is 17.4 Å². The highest BCUT2D eigenvalue weighted by Gasteiger charge is 2.36. The smallest absolute Gasteiger partial charge is 0.366 e. The molecule has 2 aliphatic rings. The third kappa shape index (κ3) is 3.82. The Bertz CT molecular complexity index is 1260. The Morgan fingerprint density at radius 2 is 1.88 bits per heavy atom. The van der Waals surface area contributed by atoms with Crippen LogP contribution >= 0.6 is 0 Å². The van der Waals surface area contributed by atoms with Crippen molar-refractivity contribution in [2.75, 3.05) is 18.0 Å². The maximum atomic E-state index is 13.2. The Balaban J connectivity index is 1.28. The number of hydrogen-bond donors (Lipinski definition) is 0. The summed E-state index contributed by atoms with van der Waals surface area (Å²) < 4.78 is 41.0. The second-order valence-electron chi connectivity index (χ2n) is 8.68. The fraction of sp³-hybridized carbons (Fsp3) is 0.333. The van der Waals surface area contributed by atoms with Gasteiger partial charge >= 0.3 is 6.18 Å². The summed E-state index contributed by atoms with van der Waals surface area (Å²) in [7, 11) is 0. The summed E-state index contributed by atoms with van der Waals surface area (Å²) in [6, 6.07) is 10.4. The van der Waals surface area contributed by atoms with Crippen molar-refractivity contribution in [1.82, 2.24) is 9.55 Å². The van der Waals surface area contributed by atoms with Gasteiger partial charge in [0.05, 0.1) is 34.7 Å². The van der Waals surface area contributed by atoms with Crippen LogP contribution in [0.15, 0.2) is 55.0 Å². The van der Waals surface area contributed by atoms with Crippen molar-refractivity contribution >= 4 is 17.2 Å². The zero-order chi connectivity index (χ0) is 24.0. The number of nitro groups is 1. The van der Waals surface area contributed by atoms with E-state index in [9.17, 15) is 28.1 Å². The van der Waals surface area contributed by atoms with Crippen LogP contribution < -0.4 is 4.90 Å². The van der Waals surface area contributed by atoms with Crippen molar-refractivity contribution in [3.8, 4) is 11.3 Å². The number of aromatic nitrogens is 2. The third-order valence-electron chi connectivity index (χ3n) is 6.78. The molecule has 5 rings (SSSR count). The molecule has 2 aromatic carbocycles. The first kappa shape index (κ1) is 22.1. The first-order chi connectivity index (χ1) is 16.2. The molecular weight excluding hydrogens is 449 g/mol. The molecule has 3 heterocycles. The molecule has 3 aromatic rings. The molecule has 0 N–H and O–H groups in total. The second kappa shape index (κ2) is 8.27. The van der Waals surface area contributed by atoms with Crippen molar-refractivity contribution in [2.24, 2.45) is 5.92 Å². The number of halogens is 3. The van der Waals surface area contributed by atoms with Crippen molar-refractivity contribution < 1.29 is 22.9 Å². The maximum absolute atomic E-state index is 13.2. The molecule has 176 valence electrons. The van der Waals surface area contributed by atoms with E-state index in [2.05, 4.69) is 4.98 Å². The minimum absolute atomic E-state index is 0.114. The molecule has 0 spiro atoms. The van der Waals surface area contributed by atoms with Gasteiger partial charge in [0.15, 0.2) is 0 Å². The van der Waals surface area contributed by atoms with Gasteiger partial charge in [0, 0.05) is 37.1 Å². The van der Waals surface area contributed by atoms with Gasteiger partial charge in [0.25, 0.3) is 5.69 Å². The van der Waals surface area contributed by atoms with E-state index in [1.165, 1.54) is 0 Å². The number of piperidine rings is 1. The number of hydrogen-bond acceptors (Lipinski definition) is 5. The van der Waals surface area contributed by atoms with E-state index in [0.29, 0.717) is 38.4 Å². The van der Waals surface area contributed by atoms with Crippen LogP contribution in [0.5, 0.6) is 0 Å². The highest BCUT2D eigenvalue weighted by Crippen LogP contribution is 2.42. The Hall–Kier alpha value is -3.69. The first-order valence-corrected chi connectivity index (χ1v) is 11.0. The van der Waals surface area contributed by atoms with E-state index in [1.807, 2.05) is 28.8 Å². The second-order valence-corrected chi connectivity index (χ2v) is 8.68. The van der Waals surface area contributed by atoms with Gasteiger partial charge < -0.3 is 9.47 Å². The van der Waals surface area contributed by atoms with Crippen LogP contribution in [0.2, 0.25) is 0 Å². The molecule has 2 aliphatic heterocycles. The van der Waals surface area contributed by atoms with Crippen LogP contribution in [-0.2, 0) is 11.0 Å². The number of nitro benzene ring substituents is 1. The van der Waals surface area contributed by atoms with Gasteiger partial charge in [-0.2, -0.15) is 13.2 Å². The number of rotatable bonds is 5. The van der Waals surface area contributed by atoms with Crippen LogP contribution in [0.3, 0.4) is 0 Å². The number of alkyl halides is 3. The number of ketones is 1. The van der Waals surface area contributed by atoms with Crippen LogP contribution in [0.25, 0.3) is 11.3 Å². The normalized spacial score (nSPS) is 18.0. The monoisotopic (exact) mass is 470 g/mol. The van der Waals surface area contributed by atoms with Gasteiger partial charge in [-0.25, -0.2) is 4.98 Å². The maximum Gasteiger partial charge on any atom is 0.416 e. The SMILES string of the molecule is O=C(CC1c2ccccc2-c2cncn21)C1CCN(c2ccc(C(F)(F)F)cc2[N+](=O)[O-])CC1. The van der Waals surface area contributed by atoms with Gasteiger partial charge in [-0.3, -0.25) is 14.9 Å². The molecule has 0 aliphatic carbocycles. The Kier molecular flexibility index (Phi) is 5.38. The lowest BCUT2D eigenvalue weighted by molar-refractivity contribution is -0.384. The summed E-state index contributed by atoms with van der Waals surface area (Å²) in [5.74, 6) is -0.0904. The highest BCUT2D eigenvalue weighted by atomic mass is 19.4. The fourth-order valence-electron chi connectivity index (χ4n) is 5.05. The van der Waals surface area contributed by atoms with Gasteiger partial charge in [0.1, 0.15) is 11.5 Å². The summed E-state index contributed by atoms with van der Waals surface area (Å²) >= 11 is 0. The third-order valence-corrected chi connectivity index (χ3v) is 6.78. The molecular formula is C24H21F3N4O3. The predicted octanol–water partition coefficient (Wildman–Crippen LogP) is 5.26. The number of carbonyl (C=O) groups is 1. The highest BCUT2D eigenvalue weighted by molar-refractivity contribution is 5.83.